The maximum atomic E-state index is 12.6. The fourth-order valence-electron chi connectivity index (χ4n) is 3.26. The van der Waals surface area contributed by atoms with Gasteiger partial charge < -0.3 is 4.74 Å². The standard InChI is InChI=1S/C24H16ClN5O2S2/c25-21-13-19(34(31)30-24-29-28-15-33-24)7-9-23(21)32-22-8-6-17(16-4-2-1-3-5-16)12-20(22)18-10-11-26-27-14-18/h1-15H,(H,29,30). The summed E-state index contributed by atoms with van der Waals surface area (Å²) in [5.74, 6) is 1.05. The quantitative estimate of drug-likeness (QED) is 0.281. The van der Waals surface area contributed by atoms with Crippen LogP contribution in [0.25, 0.3) is 22.3 Å². The number of aromatic nitrogens is 4. The third-order valence-electron chi connectivity index (χ3n) is 4.86. The zero-order valence-corrected chi connectivity index (χ0v) is 19.8. The monoisotopic (exact) mass is 505 g/mol. The molecular formula is C24H16ClN5O2S2. The molecule has 0 saturated carbocycles. The molecule has 0 radical (unpaired) electrons. The van der Waals surface area contributed by atoms with Crippen LogP contribution in [0.4, 0.5) is 5.13 Å². The topological polar surface area (TPSA) is 89.9 Å². The van der Waals surface area contributed by atoms with E-state index in [2.05, 4.69) is 37.2 Å². The van der Waals surface area contributed by atoms with Crippen molar-refractivity contribution in [1.82, 2.24) is 20.4 Å². The highest BCUT2D eigenvalue weighted by Gasteiger charge is 2.14. The highest BCUT2D eigenvalue weighted by atomic mass is 35.5. The molecule has 0 aliphatic carbocycles. The molecule has 0 amide bonds. The van der Waals surface area contributed by atoms with Crippen LogP contribution < -0.4 is 9.46 Å². The van der Waals surface area contributed by atoms with E-state index in [-0.39, 0.29) is 0 Å². The Kier molecular flexibility index (Phi) is 6.57. The number of anilines is 1. The van der Waals surface area contributed by atoms with Crippen LogP contribution in [0, 0.1) is 0 Å². The molecule has 5 rings (SSSR count). The van der Waals surface area contributed by atoms with Gasteiger partial charge in [-0.15, -0.1) is 10.2 Å². The minimum atomic E-state index is -1.53. The number of rotatable bonds is 7. The molecule has 2 heterocycles. The summed E-state index contributed by atoms with van der Waals surface area (Å²) in [6.45, 7) is 0. The molecule has 0 saturated heterocycles. The summed E-state index contributed by atoms with van der Waals surface area (Å²) in [6.07, 6.45) is 3.32. The Bertz CT molecular complexity index is 1440. The molecule has 168 valence electrons. The van der Waals surface area contributed by atoms with E-state index in [0.29, 0.717) is 26.5 Å². The molecular weight excluding hydrogens is 490 g/mol. The lowest BCUT2D eigenvalue weighted by molar-refractivity contribution is 0.484. The van der Waals surface area contributed by atoms with Gasteiger partial charge in [-0.3, -0.25) is 4.72 Å². The lowest BCUT2D eigenvalue weighted by atomic mass is 9.99. The predicted molar refractivity (Wildman–Crippen MR) is 134 cm³/mol. The first-order chi connectivity index (χ1) is 16.7. The molecule has 0 spiro atoms. The largest absolute Gasteiger partial charge is 0.455 e. The predicted octanol–water partition coefficient (Wildman–Crippen LogP) is 6.24. The minimum Gasteiger partial charge on any atom is -0.455 e. The van der Waals surface area contributed by atoms with Crippen LogP contribution in [0.15, 0.2) is 95.6 Å². The van der Waals surface area contributed by atoms with Crippen LogP contribution in [0.5, 0.6) is 11.5 Å². The zero-order valence-electron chi connectivity index (χ0n) is 17.5. The fraction of sp³-hybridized carbons (Fsp3) is 0. The van der Waals surface area contributed by atoms with Crippen molar-refractivity contribution in [2.45, 2.75) is 4.90 Å². The summed E-state index contributed by atoms with van der Waals surface area (Å²) in [4.78, 5) is 0.491. The number of halogens is 1. The van der Waals surface area contributed by atoms with Crippen molar-refractivity contribution < 1.29 is 8.95 Å². The second-order valence-electron chi connectivity index (χ2n) is 7.02. The lowest BCUT2D eigenvalue weighted by Crippen LogP contribution is -2.04. The molecule has 1 atom stereocenters. The van der Waals surface area contributed by atoms with Crippen LogP contribution >= 0.6 is 22.9 Å². The average molecular weight is 506 g/mol. The molecule has 7 nitrogen and oxygen atoms in total. The maximum Gasteiger partial charge on any atom is 0.217 e. The minimum absolute atomic E-state index is 0.329. The van der Waals surface area contributed by atoms with Gasteiger partial charge in [-0.05, 0) is 47.5 Å². The Labute approximate surface area is 207 Å². The van der Waals surface area contributed by atoms with Gasteiger partial charge in [0.05, 0.1) is 22.3 Å². The number of hydrogen-bond acceptors (Lipinski definition) is 7. The van der Waals surface area contributed by atoms with E-state index >= 15 is 0 Å². The number of benzene rings is 3. The zero-order chi connectivity index (χ0) is 23.3. The molecule has 5 aromatic rings. The van der Waals surface area contributed by atoms with Gasteiger partial charge in [-0.2, -0.15) is 10.2 Å². The van der Waals surface area contributed by atoms with Crippen molar-refractivity contribution in [2.24, 2.45) is 0 Å². The van der Waals surface area contributed by atoms with Crippen molar-refractivity contribution >= 4 is 39.1 Å². The summed E-state index contributed by atoms with van der Waals surface area (Å²) in [6, 6.07) is 22.9. The summed E-state index contributed by atoms with van der Waals surface area (Å²) >= 11 is 7.76. The van der Waals surface area contributed by atoms with Gasteiger partial charge in [-0.1, -0.05) is 59.3 Å². The Morgan fingerprint density at radius 3 is 2.44 bits per heavy atom. The van der Waals surface area contributed by atoms with E-state index < -0.39 is 11.0 Å². The molecule has 34 heavy (non-hydrogen) atoms. The molecule has 3 aromatic carbocycles. The molecule has 1 N–H and O–H groups in total. The van der Waals surface area contributed by atoms with Gasteiger partial charge in [-0.25, -0.2) is 4.21 Å². The van der Waals surface area contributed by atoms with E-state index in [1.54, 1.807) is 36.1 Å². The number of nitrogens with one attached hydrogen (secondary N) is 1. The average Bonchev–Trinajstić information content (AvgIpc) is 3.39. The van der Waals surface area contributed by atoms with Crippen LogP contribution in [0.2, 0.25) is 5.02 Å². The number of hydrogen-bond donors (Lipinski definition) is 1. The van der Waals surface area contributed by atoms with E-state index in [0.717, 1.165) is 22.3 Å². The van der Waals surface area contributed by atoms with Gasteiger partial charge >= 0.3 is 0 Å². The normalized spacial score (nSPS) is 11.7. The Morgan fingerprint density at radius 2 is 1.71 bits per heavy atom. The Balaban J connectivity index is 1.46. The summed E-state index contributed by atoms with van der Waals surface area (Å²) in [7, 11) is -1.53. The van der Waals surface area contributed by atoms with Crippen molar-refractivity contribution in [1.29, 1.82) is 0 Å². The van der Waals surface area contributed by atoms with Gasteiger partial charge in [0.1, 0.15) is 17.0 Å². The van der Waals surface area contributed by atoms with Crippen LogP contribution in [-0.2, 0) is 11.0 Å². The smallest absolute Gasteiger partial charge is 0.217 e. The molecule has 10 heteroatoms. The van der Waals surface area contributed by atoms with E-state index in [1.165, 1.54) is 11.3 Å². The first-order valence-corrected chi connectivity index (χ1v) is 12.5. The summed E-state index contributed by atoms with van der Waals surface area (Å²) < 4.78 is 21.6. The Morgan fingerprint density at radius 1 is 0.853 bits per heavy atom. The second kappa shape index (κ2) is 10.1. The maximum absolute atomic E-state index is 12.6. The van der Waals surface area contributed by atoms with E-state index in [1.807, 2.05) is 42.5 Å². The van der Waals surface area contributed by atoms with Gasteiger partial charge in [0.25, 0.3) is 0 Å². The highest BCUT2D eigenvalue weighted by Crippen LogP contribution is 2.39. The first kappa shape index (κ1) is 22.1. The van der Waals surface area contributed by atoms with E-state index in [4.69, 9.17) is 16.3 Å². The van der Waals surface area contributed by atoms with Crippen molar-refractivity contribution in [3.8, 4) is 33.8 Å². The van der Waals surface area contributed by atoms with Gasteiger partial charge in [0.2, 0.25) is 5.13 Å². The molecule has 0 fully saturated rings. The highest BCUT2D eigenvalue weighted by molar-refractivity contribution is 7.86. The van der Waals surface area contributed by atoms with E-state index in [9.17, 15) is 4.21 Å². The number of ether oxygens (including phenoxy) is 1. The molecule has 0 aliphatic rings. The van der Waals surface area contributed by atoms with Crippen molar-refractivity contribution in [3.63, 3.8) is 0 Å². The first-order valence-electron chi connectivity index (χ1n) is 10.1. The molecule has 2 aromatic heterocycles. The van der Waals surface area contributed by atoms with Gasteiger partial charge in [0.15, 0.2) is 11.0 Å². The molecule has 0 bridgehead atoms. The van der Waals surface area contributed by atoms with Crippen LogP contribution in [0.3, 0.4) is 0 Å². The van der Waals surface area contributed by atoms with Crippen LogP contribution in [-0.4, -0.2) is 24.6 Å². The van der Waals surface area contributed by atoms with Crippen molar-refractivity contribution in [2.75, 3.05) is 4.72 Å². The second-order valence-corrected chi connectivity index (χ2v) is 9.47. The summed E-state index contributed by atoms with van der Waals surface area (Å²) in [5.41, 5.74) is 5.39. The van der Waals surface area contributed by atoms with Gasteiger partial charge in [0, 0.05) is 11.1 Å². The van der Waals surface area contributed by atoms with Crippen molar-refractivity contribution in [3.05, 3.63) is 95.7 Å². The third kappa shape index (κ3) is 4.96. The lowest BCUT2D eigenvalue weighted by Gasteiger charge is -2.15. The summed E-state index contributed by atoms with van der Waals surface area (Å²) in [5, 5.41) is 16.2. The SMILES string of the molecule is O=S(Nc1nncs1)c1ccc(Oc2ccc(-c3ccccc3)cc2-c2ccnnc2)c(Cl)c1. The van der Waals surface area contributed by atoms with Crippen LogP contribution in [0.1, 0.15) is 0 Å². The molecule has 0 aliphatic heterocycles. The Hall–Kier alpha value is -3.66. The molecule has 1 unspecified atom stereocenters. The fourth-order valence-corrected chi connectivity index (χ4v) is 4.98. The third-order valence-corrected chi connectivity index (χ3v) is 6.95. The number of nitrogens with zero attached hydrogens (tertiary/aromatic N) is 4.